The van der Waals surface area contributed by atoms with Gasteiger partial charge >= 0.3 is 0 Å². The zero-order valence-electron chi connectivity index (χ0n) is 6.69. The lowest BCUT2D eigenvalue weighted by Gasteiger charge is -2.28. The normalized spacial score (nSPS) is 13.8. The largest absolute Gasteiger partial charge is 1.00 e. The second-order valence-corrected chi connectivity index (χ2v) is 3.09. The lowest BCUT2D eigenvalue weighted by molar-refractivity contribution is -0.887. The van der Waals surface area contributed by atoms with E-state index in [4.69, 9.17) is 0 Å². The van der Waals surface area contributed by atoms with Crippen LogP contribution in [0.25, 0.3) is 0 Å². The maximum absolute atomic E-state index is 3.71. The van der Waals surface area contributed by atoms with Gasteiger partial charge in [0, 0.05) is 0 Å². The molecule has 0 radical (unpaired) electrons. The van der Waals surface area contributed by atoms with E-state index in [1.165, 1.54) is 0 Å². The first kappa shape index (κ1) is 11.7. The molecule has 0 aliphatic carbocycles. The van der Waals surface area contributed by atoms with Gasteiger partial charge in [0.05, 0.1) is 21.1 Å². The molecule has 9 heavy (non-hydrogen) atoms. The summed E-state index contributed by atoms with van der Waals surface area (Å²) in [4.78, 5) is 0. The number of hydrogen-bond acceptors (Lipinski definition) is 0. The van der Waals surface area contributed by atoms with Crippen LogP contribution in [-0.2, 0) is 0 Å². The highest BCUT2D eigenvalue weighted by Crippen LogP contribution is 2.00. The van der Waals surface area contributed by atoms with Gasteiger partial charge in [-0.15, -0.1) is 0 Å². The molecule has 56 valence electrons. The molecule has 0 aromatic carbocycles. The summed E-state index contributed by atoms with van der Waals surface area (Å²) in [6.45, 7) is 5.87. The number of rotatable bonds is 2. The van der Waals surface area contributed by atoms with Gasteiger partial charge in [-0.25, -0.2) is 0 Å². The SMILES string of the molecule is C=CC(C)[N+](C)(C)C.[Cl-]. The third-order valence-corrected chi connectivity index (χ3v) is 1.56. The van der Waals surface area contributed by atoms with E-state index in [0.717, 1.165) is 4.48 Å². The van der Waals surface area contributed by atoms with Crippen LogP contribution in [-0.4, -0.2) is 31.7 Å². The Morgan fingerprint density at radius 1 is 1.33 bits per heavy atom. The molecule has 0 fully saturated rings. The minimum atomic E-state index is 0. The smallest absolute Gasteiger partial charge is 0.104 e. The van der Waals surface area contributed by atoms with E-state index < -0.39 is 0 Å². The first-order valence-corrected chi connectivity index (χ1v) is 2.92. The Labute approximate surface area is 64.4 Å². The summed E-state index contributed by atoms with van der Waals surface area (Å²) in [5.41, 5.74) is 0. The number of quaternary nitrogens is 1. The van der Waals surface area contributed by atoms with Gasteiger partial charge in [-0.3, -0.25) is 0 Å². The molecule has 0 rings (SSSR count). The van der Waals surface area contributed by atoms with Crippen molar-refractivity contribution in [3.05, 3.63) is 12.7 Å². The van der Waals surface area contributed by atoms with Gasteiger partial charge in [0.15, 0.2) is 0 Å². The second kappa shape index (κ2) is 3.91. The summed E-state index contributed by atoms with van der Waals surface area (Å²) in [6, 6.07) is 0.551. The quantitative estimate of drug-likeness (QED) is 0.324. The van der Waals surface area contributed by atoms with Crippen molar-refractivity contribution in [2.75, 3.05) is 21.1 Å². The highest BCUT2D eigenvalue weighted by Gasteiger charge is 2.12. The summed E-state index contributed by atoms with van der Waals surface area (Å²) < 4.78 is 0.962. The zero-order chi connectivity index (χ0) is 6.78. The summed E-state index contributed by atoms with van der Waals surface area (Å²) >= 11 is 0. The number of halogens is 1. The predicted molar refractivity (Wildman–Crippen MR) is 37.7 cm³/mol. The predicted octanol–water partition coefficient (Wildman–Crippen LogP) is -1.73. The molecule has 0 aromatic heterocycles. The molecular formula is C7H16ClN. The third-order valence-electron chi connectivity index (χ3n) is 1.56. The Bertz CT molecular complexity index is 83.4. The van der Waals surface area contributed by atoms with E-state index >= 15 is 0 Å². The molecule has 0 amide bonds. The molecule has 0 aliphatic rings. The van der Waals surface area contributed by atoms with E-state index in [9.17, 15) is 0 Å². The molecule has 0 heterocycles. The maximum atomic E-state index is 3.71. The molecular weight excluding hydrogens is 134 g/mol. The average Bonchev–Trinajstić information content (AvgIpc) is 1.62. The van der Waals surface area contributed by atoms with Gasteiger partial charge in [-0.05, 0) is 13.0 Å². The van der Waals surface area contributed by atoms with Crippen molar-refractivity contribution in [1.82, 2.24) is 0 Å². The van der Waals surface area contributed by atoms with Crippen LogP contribution in [0.15, 0.2) is 12.7 Å². The Balaban J connectivity index is 0. The maximum Gasteiger partial charge on any atom is 0.104 e. The fraction of sp³-hybridized carbons (Fsp3) is 0.714. The molecule has 1 nitrogen and oxygen atoms in total. The van der Waals surface area contributed by atoms with E-state index in [2.05, 4.69) is 34.6 Å². The number of hydrogen-bond donors (Lipinski definition) is 0. The van der Waals surface area contributed by atoms with Crippen LogP contribution in [0.3, 0.4) is 0 Å². The molecule has 0 saturated heterocycles. The third kappa shape index (κ3) is 4.49. The van der Waals surface area contributed by atoms with Gasteiger partial charge in [-0.2, -0.15) is 0 Å². The minimum Gasteiger partial charge on any atom is -1.00 e. The summed E-state index contributed by atoms with van der Waals surface area (Å²) in [5, 5.41) is 0. The van der Waals surface area contributed by atoms with Crippen molar-refractivity contribution in [3.8, 4) is 0 Å². The van der Waals surface area contributed by atoms with E-state index in [1.807, 2.05) is 6.08 Å². The Morgan fingerprint density at radius 2 is 1.67 bits per heavy atom. The lowest BCUT2D eigenvalue weighted by Crippen LogP contribution is -3.00. The second-order valence-electron chi connectivity index (χ2n) is 3.09. The van der Waals surface area contributed by atoms with Crippen LogP contribution in [0, 0.1) is 0 Å². The van der Waals surface area contributed by atoms with Crippen molar-refractivity contribution < 1.29 is 16.9 Å². The van der Waals surface area contributed by atoms with Crippen LogP contribution in [0.2, 0.25) is 0 Å². The van der Waals surface area contributed by atoms with E-state index in [0.29, 0.717) is 6.04 Å². The Kier molecular flexibility index (Phi) is 5.11. The van der Waals surface area contributed by atoms with Crippen molar-refractivity contribution in [2.45, 2.75) is 13.0 Å². The van der Waals surface area contributed by atoms with E-state index in [1.54, 1.807) is 0 Å². The average molecular weight is 150 g/mol. The van der Waals surface area contributed by atoms with Gasteiger partial charge in [0.1, 0.15) is 6.04 Å². The molecule has 1 unspecified atom stereocenters. The van der Waals surface area contributed by atoms with Crippen LogP contribution in [0.1, 0.15) is 6.92 Å². The minimum absolute atomic E-state index is 0. The summed E-state index contributed by atoms with van der Waals surface area (Å²) in [7, 11) is 6.48. The lowest BCUT2D eigenvalue weighted by atomic mass is 10.3. The molecule has 1 atom stereocenters. The molecule has 0 bridgehead atoms. The number of likely N-dealkylation sites (N-methyl/N-ethyl adjacent to an activating group) is 1. The van der Waals surface area contributed by atoms with Crippen molar-refractivity contribution in [1.29, 1.82) is 0 Å². The molecule has 0 saturated carbocycles. The fourth-order valence-corrected chi connectivity index (χ4v) is 0.316. The first-order chi connectivity index (χ1) is 3.48. The van der Waals surface area contributed by atoms with Crippen molar-refractivity contribution >= 4 is 0 Å². The van der Waals surface area contributed by atoms with Gasteiger partial charge in [0.25, 0.3) is 0 Å². The highest BCUT2D eigenvalue weighted by atomic mass is 35.5. The standard InChI is InChI=1S/C7H16N.ClH/c1-6-7(2)8(3,4)5;/h6-7H,1H2,2-5H3;1H/q+1;/p-1. The summed E-state index contributed by atoms with van der Waals surface area (Å²) in [6.07, 6.45) is 1.97. The topological polar surface area (TPSA) is 0 Å². The molecule has 0 N–H and O–H groups in total. The zero-order valence-corrected chi connectivity index (χ0v) is 7.44. The first-order valence-electron chi connectivity index (χ1n) is 2.92. The van der Waals surface area contributed by atoms with Crippen LogP contribution in [0.5, 0.6) is 0 Å². The molecule has 0 spiro atoms. The van der Waals surface area contributed by atoms with Gasteiger partial charge in [0.2, 0.25) is 0 Å². The van der Waals surface area contributed by atoms with Gasteiger partial charge in [-0.1, -0.05) is 6.58 Å². The monoisotopic (exact) mass is 149 g/mol. The van der Waals surface area contributed by atoms with Gasteiger partial charge < -0.3 is 16.9 Å². The van der Waals surface area contributed by atoms with E-state index in [-0.39, 0.29) is 12.4 Å². The highest BCUT2D eigenvalue weighted by molar-refractivity contribution is 4.74. The van der Waals surface area contributed by atoms with Crippen molar-refractivity contribution in [3.63, 3.8) is 0 Å². The summed E-state index contributed by atoms with van der Waals surface area (Å²) in [5.74, 6) is 0. The fourth-order valence-electron chi connectivity index (χ4n) is 0.316. The molecule has 0 aliphatic heterocycles. The number of nitrogens with zero attached hydrogens (tertiary/aromatic N) is 1. The van der Waals surface area contributed by atoms with Crippen LogP contribution >= 0.6 is 0 Å². The van der Waals surface area contributed by atoms with Crippen LogP contribution in [0.4, 0.5) is 0 Å². The van der Waals surface area contributed by atoms with Crippen LogP contribution < -0.4 is 12.4 Å². The Hall–Kier alpha value is -0.0100. The Morgan fingerprint density at radius 3 is 1.67 bits per heavy atom. The molecule has 2 heteroatoms. The van der Waals surface area contributed by atoms with Crippen molar-refractivity contribution in [2.24, 2.45) is 0 Å². The molecule has 0 aromatic rings.